The second-order valence-corrected chi connectivity index (χ2v) is 6.60. The highest BCUT2D eigenvalue weighted by molar-refractivity contribution is 6.31. The van der Waals surface area contributed by atoms with Gasteiger partial charge in [-0.2, -0.15) is 0 Å². The molecule has 1 heterocycles. The summed E-state index contributed by atoms with van der Waals surface area (Å²) >= 11 is 5.96. The van der Waals surface area contributed by atoms with Crippen LogP contribution < -0.4 is 0 Å². The molecular weight excluding hydrogens is 363 g/mol. The molecule has 0 aliphatic carbocycles. The van der Waals surface area contributed by atoms with E-state index in [2.05, 4.69) is 5.16 Å². The molecule has 0 aliphatic heterocycles. The lowest BCUT2D eigenvalue weighted by Crippen LogP contribution is -2.31. The summed E-state index contributed by atoms with van der Waals surface area (Å²) in [6, 6.07) is 4.29. The number of aryl methyl sites for hydroxylation is 1. The van der Waals surface area contributed by atoms with Crippen LogP contribution in [0.4, 0.5) is 4.39 Å². The van der Waals surface area contributed by atoms with Crippen molar-refractivity contribution in [2.24, 2.45) is 0 Å². The van der Waals surface area contributed by atoms with Gasteiger partial charge in [-0.1, -0.05) is 36.7 Å². The number of carbonyl (C=O) groups excluding carboxylic acids is 2. The summed E-state index contributed by atoms with van der Waals surface area (Å²) in [5.41, 5.74) is 0.832. The highest BCUT2D eigenvalue weighted by atomic mass is 35.5. The zero-order valence-corrected chi connectivity index (χ0v) is 15.8. The van der Waals surface area contributed by atoms with E-state index in [0.29, 0.717) is 11.5 Å². The Bertz CT molecular complexity index is 799. The summed E-state index contributed by atoms with van der Waals surface area (Å²) < 4.78 is 24.0. The third-order valence-electron chi connectivity index (χ3n) is 3.83. The van der Waals surface area contributed by atoms with Crippen LogP contribution in [0, 0.1) is 12.7 Å². The maximum Gasteiger partial charge on any atom is 0.344 e. The summed E-state index contributed by atoms with van der Waals surface area (Å²) in [5.74, 6) is -1.32. The number of amides is 1. The van der Waals surface area contributed by atoms with Gasteiger partial charge in [0, 0.05) is 30.1 Å². The molecule has 0 saturated heterocycles. The van der Waals surface area contributed by atoms with E-state index in [4.69, 9.17) is 20.9 Å². The number of carbonyl (C=O) groups is 2. The molecule has 0 unspecified atom stereocenters. The van der Waals surface area contributed by atoms with Gasteiger partial charge in [-0.05, 0) is 19.1 Å². The van der Waals surface area contributed by atoms with E-state index in [9.17, 15) is 14.0 Å². The zero-order chi connectivity index (χ0) is 19.4. The van der Waals surface area contributed by atoms with Crippen LogP contribution in [0.2, 0.25) is 5.02 Å². The summed E-state index contributed by atoms with van der Waals surface area (Å²) in [4.78, 5) is 25.7. The second kappa shape index (κ2) is 8.31. The van der Waals surface area contributed by atoms with E-state index in [1.165, 1.54) is 24.1 Å². The van der Waals surface area contributed by atoms with Crippen molar-refractivity contribution in [2.45, 2.75) is 33.2 Å². The summed E-state index contributed by atoms with van der Waals surface area (Å²) in [6.07, 6.45) is 0. The lowest BCUT2D eigenvalue weighted by atomic mass is 10.1. The van der Waals surface area contributed by atoms with Crippen LogP contribution in [0.1, 0.15) is 47.1 Å². The Hall–Kier alpha value is -2.41. The third kappa shape index (κ3) is 4.40. The van der Waals surface area contributed by atoms with Crippen LogP contribution in [0.15, 0.2) is 22.7 Å². The van der Waals surface area contributed by atoms with Crippen molar-refractivity contribution >= 4 is 23.5 Å². The van der Waals surface area contributed by atoms with E-state index in [1.54, 1.807) is 13.0 Å². The molecule has 0 radical (unpaired) electrons. The van der Waals surface area contributed by atoms with Crippen LogP contribution in [0.3, 0.4) is 0 Å². The smallest absolute Gasteiger partial charge is 0.344 e. The van der Waals surface area contributed by atoms with Crippen LogP contribution >= 0.6 is 11.6 Å². The standard InChI is InChI=1S/C18H20ClFN2O4/c1-10(2)17-16(11(3)21-26-17)18(24)25-9-15(23)22(4)8-12-13(19)6-5-7-14(12)20/h5-7,10H,8-9H2,1-4H3. The molecule has 1 amide bonds. The van der Waals surface area contributed by atoms with Gasteiger partial charge in [-0.15, -0.1) is 0 Å². The molecular formula is C18H20ClFN2O4. The molecule has 0 bridgehead atoms. The van der Waals surface area contributed by atoms with Crippen LogP contribution in [0.5, 0.6) is 0 Å². The topological polar surface area (TPSA) is 72.6 Å². The molecule has 1 aromatic carbocycles. The maximum atomic E-state index is 13.8. The Balaban J connectivity index is 2.00. The number of rotatable bonds is 6. The molecule has 0 spiro atoms. The van der Waals surface area contributed by atoms with Crippen molar-refractivity contribution in [2.75, 3.05) is 13.7 Å². The largest absolute Gasteiger partial charge is 0.452 e. The van der Waals surface area contributed by atoms with Crippen molar-refractivity contribution in [1.82, 2.24) is 10.1 Å². The lowest BCUT2D eigenvalue weighted by molar-refractivity contribution is -0.133. The number of halogens is 2. The molecule has 140 valence electrons. The maximum absolute atomic E-state index is 13.8. The van der Waals surface area contributed by atoms with E-state index in [1.807, 2.05) is 13.8 Å². The second-order valence-electron chi connectivity index (χ2n) is 6.19. The third-order valence-corrected chi connectivity index (χ3v) is 4.18. The van der Waals surface area contributed by atoms with Crippen molar-refractivity contribution < 1.29 is 23.2 Å². The highest BCUT2D eigenvalue weighted by Crippen LogP contribution is 2.23. The number of ether oxygens (including phenoxy) is 1. The number of benzene rings is 1. The van der Waals surface area contributed by atoms with Gasteiger partial charge in [0.25, 0.3) is 5.91 Å². The number of aromatic nitrogens is 1. The first-order chi connectivity index (χ1) is 12.2. The number of esters is 1. The molecule has 0 N–H and O–H groups in total. The first-order valence-corrected chi connectivity index (χ1v) is 8.40. The van der Waals surface area contributed by atoms with Crippen LogP contribution in [-0.4, -0.2) is 35.6 Å². The van der Waals surface area contributed by atoms with Gasteiger partial charge in [0.15, 0.2) is 12.4 Å². The SMILES string of the molecule is Cc1noc(C(C)C)c1C(=O)OCC(=O)N(C)Cc1c(F)cccc1Cl. The average molecular weight is 383 g/mol. The first kappa shape index (κ1) is 19.9. The number of hydrogen-bond acceptors (Lipinski definition) is 5. The van der Waals surface area contributed by atoms with E-state index < -0.39 is 24.3 Å². The molecule has 6 nitrogen and oxygen atoms in total. The molecule has 1 aromatic heterocycles. The lowest BCUT2D eigenvalue weighted by Gasteiger charge is -2.18. The Kier molecular flexibility index (Phi) is 6.37. The summed E-state index contributed by atoms with van der Waals surface area (Å²) in [7, 11) is 1.48. The highest BCUT2D eigenvalue weighted by Gasteiger charge is 2.25. The Labute approximate surface area is 155 Å². The quantitative estimate of drug-likeness (QED) is 0.712. The van der Waals surface area contributed by atoms with Gasteiger partial charge in [-0.25, -0.2) is 9.18 Å². The van der Waals surface area contributed by atoms with Crippen molar-refractivity contribution in [3.05, 3.63) is 51.6 Å². The molecule has 0 atom stereocenters. The molecule has 0 aliphatic rings. The van der Waals surface area contributed by atoms with E-state index in [0.717, 1.165) is 0 Å². The van der Waals surface area contributed by atoms with Gasteiger partial charge in [-0.3, -0.25) is 4.79 Å². The average Bonchev–Trinajstić information content (AvgIpc) is 2.97. The zero-order valence-electron chi connectivity index (χ0n) is 15.0. The Morgan fingerprint density at radius 1 is 1.38 bits per heavy atom. The fourth-order valence-electron chi connectivity index (χ4n) is 2.35. The monoisotopic (exact) mass is 382 g/mol. The van der Waals surface area contributed by atoms with E-state index in [-0.39, 0.29) is 28.6 Å². The van der Waals surface area contributed by atoms with Gasteiger partial charge in [0.05, 0.1) is 5.69 Å². The summed E-state index contributed by atoms with van der Waals surface area (Å²) in [6.45, 7) is 4.82. The molecule has 0 fully saturated rings. The van der Waals surface area contributed by atoms with Crippen molar-refractivity contribution in [1.29, 1.82) is 0 Å². The molecule has 0 saturated carbocycles. The Morgan fingerprint density at radius 3 is 2.69 bits per heavy atom. The van der Waals surface area contributed by atoms with Crippen LogP contribution in [0.25, 0.3) is 0 Å². The molecule has 2 aromatic rings. The first-order valence-electron chi connectivity index (χ1n) is 8.02. The van der Waals surface area contributed by atoms with Crippen molar-refractivity contribution in [3.8, 4) is 0 Å². The number of hydrogen-bond donors (Lipinski definition) is 0. The van der Waals surface area contributed by atoms with Gasteiger partial charge in [0.1, 0.15) is 11.4 Å². The van der Waals surface area contributed by atoms with Gasteiger partial charge in [0.2, 0.25) is 0 Å². The van der Waals surface area contributed by atoms with Crippen LogP contribution in [-0.2, 0) is 16.1 Å². The fourth-order valence-corrected chi connectivity index (χ4v) is 2.57. The number of nitrogens with zero attached hydrogens (tertiary/aromatic N) is 2. The van der Waals surface area contributed by atoms with Crippen molar-refractivity contribution in [3.63, 3.8) is 0 Å². The molecule has 8 heteroatoms. The van der Waals surface area contributed by atoms with E-state index >= 15 is 0 Å². The van der Waals surface area contributed by atoms with Gasteiger partial charge < -0.3 is 14.2 Å². The molecule has 26 heavy (non-hydrogen) atoms. The van der Waals surface area contributed by atoms with Gasteiger partial charge >= 0.3 is 5.97 Å². The predicted molar refractivity (Wildman–Crippen MR) is 93.5 cm³/mol. The summed E-state index contributed by atoms with van der Waals surface area (Å²) in [5, 5.41) is 3.99. The normalized spacial score (nSPS) is 10.9. The predicted octanol–water partition coefficient (Wildman–Crippen LogP) is 3.71. The molecule has 2 rings (SSSR count). The minimum Gasteiger partial charge on any atom is -0.452 e. The minimum atomic E-state index is -0.682. The minimum absolute atomic E-state index is 0.0363. The fraction of sp³-hybridized carbons (Fsp3) is 0.389. The number of likely N-dealkylation sites (N-methyl/N-ethyl adjacent to an activating group) is 1. The Morgan fingerprint density at radius 2 is 2.08 bits per heavy atom.